The largest absolute Gasteiger partial charge is 0.371 e. The van der Waals surface area contributed by atoms with Crippen molar-refractivity contribution in [1.82, 2.24) is 0 Å². The van der Waals surface area contributed by atoms with E-state index in [4.69, 9.17) is 4.74 Å². The van der Waals surface area contributed by atoms with Gasteiger partial charge in [0.2, 0.25) is 0 Å². The first-order chi connectivity index (χ1) is 5.18. The monoisotopic (exact) mass is 156 g/mol. The highest BCUT2D eigenvalue weighted by molar-refractivity contribution is 5.80. The molecule has 0 aromatic carbocycles. The van der Waals surface area contributed by atoms with Crippen LogP contribution in [-0.2, 0) is 9.53 Å². The van der Waals surface area contributed by atoms with Gasteiger partial charge in [0.25, 0.3) is 0 Å². The van der Waals surface area contributed by atoms with Crippen LogP contribution in [0, 0.1) is 5.92 Å². The molecule has 0 N–H and O–H groups in total. The SMILES string of the molecule is CC(C)OCC(=O)CC1CC1. The Morgan fingerprint density at radius 1 is 1.55 bits per heavy atom. The molecule has 0 atom stereocenters. The topological polar surface area (TPSA) is 26.3 Å². The van der Waals surface area contributed by atoms with Crippen molar-refractivity contribution in [2.24, 2.45) is 5.92 Å². The Hall–Kier alpha value is -0.370. The van der Waals surface area contributed by atoms with E-state index in [2.05, 4.69) is 0 Å². The standard InChI is InChI=1S/C9H16O2/c1-7(2)11-6-9(10)5-8-3-4-8/h7-8H,3-6H2,1-2H3. The lowest BCUT2D eigenvalue weighted by atomic mass is 10.2. The summed E-state index contributed by atoms with van der Waals surface area (Å²) in [6, 6.07) is 0. The Morgan fingerprint density at radius 2 is 2.18 bits per heavy atom. The molecule has 2 nitrogen and oxygen atoms in total. The summed E-state index contributed by atoms with van der Waals surface area (Å²) in [6.45, 7) is 4.21. The van der Waals surface area contributed by atoms with E-state index in [0.29, 0.717) is 12.5 Å². The molecule has 0 aromatic rings. The van der Waals surface area contributed by atoms with E-state index in [-0.39, 0.29) is 11.9 Å². The Morgan fingerprint density at radius 3 is 2.64 bits per heavy atom. The highest BCUT2D eigenvalue weighted by Crippen LogP contribution is 2.32. The quantitative estimate of drug-likeness (QED) is 0.606. The smallest absolute Gasteiger partial charge is 0.158 e. The van der Waals surface area contributed by atoms with Crippen molar-refractivity contribution < 1.29 is 9.53 Å². The first-order valence-corrected chi connectivity index (χ1v) is 4.32. The second-order valence-corrected chi connectivity index (χ2v) is 3.55. The third-order valence-corrected chi connectivity index (χ3v) is 1.79. The molecule has 0 bridgehead atoms. The van der Waals surface area contributed by atoms with Crippen LogP contribution in [0.3, 0.4) is 0 Å². The maximum Gasteiger partial charge on any atom is 0.158 e. The van der Waals surface area contributed by atoms with E-state index in [9.17, 15) is 4.79 Å². The van der Waals surface area contributed by atoms with Crippen LogP contribution < -0.4 is 0 Å². The summed E-state index contributed by atoms with van der Waals surface area (Å²) >= 11 is 0. The van der Waals surface area contributed by atoms with Gasteiger partial charge in [-0.2, -0.15) is 0 Å². The van der Waals surface area contributed by atoms with Gasteiger partial charge in [-0.05, 0) is 32.6 Å². The third-order valence-electron chi connectivity index (χ3n) is 1.79. The minimum Gasteiger partial charge on any atom is -0.371 e. The molecule has 0 unspecified atom stereocenters. The number of rotatable bonds is 5. The second kappa shape index (κ2) is 3.86. The Kier molecular flexibility index (Phi) is 3.06. The summed E-state index contributed by atoms with van der Waals surface area (Å²) in [5, 5.41) is 0. The maximum absolute atomic E-state index is 11.1. The number of carbonyl (C=O) groups is 1. The molecule has 0 heterocycles. The molecule has 11 heavy (non-hydrogen) atoms. The fourth-order valence-corrected chi connectivity index (χ4v) is 0.962. The number of Topliss-reactive ketones (excluding diaryl/α,β-unsaturated/α-hetero) is 1. The van der Waals surface area contributed by atoms with Crippen LogP contribution in [0.5, 0.6) is 0 Å². The van der Waals surface area contributed by atoms with Gasteiger partial charge < -0.3 is 4.74 Å². The molecule has 0 aromatic heterocycles. The van der Waals surface area contributed by atoms with Crippen molar-refractivity contribution in [3.05, 3.63) is 0 Å². The van der Waals surface area contributed by atoms with Gasteiger partial charge in [0, 0.05) is 6.42 Å². The minimum atomic E-state index is 0.179. The van der Waals surface area contributed by atoms with Crippen LogP contribution in [0.25, 0.3) is 0 Å². The normalized spacial score (nSPS) is 17.4. The molecule has 0 aliphatic heterocycles. The van der Waals surface area contributed by atoms with Crippen LogP contribution in [0.2, 0.25) is 0 Å². The van der Waals surface area contributed by atoms with Gasteiger partial charge >= 0.3 is 0 Å². The number of ketones is 1. The zero-order valence-electron chi connectivity index (χ0n) is 7.30. The second-order valence-electron chi connectivity index (χ2n) is 3.55. The lowest BCUT2D eigenvalue weighted by Gasteiger charge is -2.05. The van der Waals surface area contributed by atoms with Gasteiger partial charge in [-0.15, -0.1) is 0 Å². The first kappa shape index (κ1) is 8.72. The molecule has 1 aliphatic carbocycles. The maximum atomic E-state index is 11.1. The van der Waals surface area contributed by atoms with E-state index in [1.807, 2.05) is 13.8 Å². The van der Waals surface area contributed by atoms with Crippen LogP contribution in [0.4, 0.5) is 0 Å². The van der Waals surface area contributed by atoms with Crippen molar-refractivity contribution in [2.45, 2.75) is 39.2 Å². The first-order valence-electron chi connectivity index (χ1n) is 4.32. The predicted octanol–water partition coefficient (Wildman–Crippen LogP) is 1.78. The molecule has 64 valence electrons. The molecule has 1 fully saturated rings. The van der Waals surface area contributed by atoms with E-state index in [1.165, 1.54) is 12.8 Å². The zero-order valence-corrected chi connectivity index (χ0v) is 7.30. The highest BCUT2D eigenvalue weighted by atomic mass is 16.5. The lowest BCUT2D eigenvalue weighted by Crippen LogP contribution is -2.13. The molecule has 1 saturated carbocycles. The molecule has 2 heteroatoms. The summed E-state index contributed by atoms with van der Waals surface area (Å²) in [5.74, 6) is 0.958. The third kappa shape index (κ3) is 4.14. The summed E-state index contributed by atoms with van der Waals surface area (Å²) in [6.07, 6.45) is 3.41. The highest BCUT2D eigenvalue weighted by Gasteiger charge is 2.24. The van der Waals surface area contributed by atoms with E-state index in [1.54, 1.807) is 0 Å². The van der Waals surface area contributed by atoms with Crippen molar-refractivity contribution in [1.29, 1.82) is 0 Å². The van der Waals surface area contributed by atoms with Crippen LogP contribution in [0.15, 0.2) is 0 Å². The summed E-state index contributed by atoms with van der Waals surface area (Å²) in [5.41, 5.74) is 0. The summed E-state index contributed by atoms with van der Waals surface area (Å²) < 4.78 is 5.18. The minimum absolute atomic E-state index is 0.179. The summed E-state index contributed by atoms with van der Waals surface area (Å²) in [4.78, 5) is 11.1. The molecule has 0 radical (unpaired) electrons. The van der Waals surface area contributed by atoms with Gasteiger partial charge in [0.05, 0.1) is 6.10 Å². The Balaban J connectivity index is 2.00. The number of hydrogen-bond donors (Lipinski definition) is 0. The van der Waals surface area contributed by atoms with E-state index >= 15 is 0 Å². The molecule has 0 spiro atoms. The number of hydrogen-bond acceptors (Lipinski definition) is 2. The van der Waals surface area contributed by atoms with Crippen molar-refractivity contribution in [3.63, 3.8) is 0 Å². The average Bonchev–Trinajstić information content (AvgIpc) is 2.67. The number of ether oxygens (including phenoxy) is 1. The molecule has 1 rings (SSSR count). The molecular weight excluding hydrogens is 140 g/mol. The molecule has 0 amide bonds. The van der Waals surface area contributed by atoms with Crippen LogP contribution >= 0.6 is 0 Å². The zero-order chi connectivity index (χ0) is 8.27. The van der Waals surface area contributed by atoms with E-state index in [0.717, 1.165) is 6.42 Å². The Labute approximate surface area is 67.9 Å². The van der Waals surface area contributed by atoms with Crippen LogP contribution in [0.1, 0.15) is 33.1 Å². The van der Waals surface area contributed by atoms with Gasteiger partial charge in [0.1, 0.15) is 6.61 Å². The molecular formula is C9H16O2. The van der Waals surface area contributed by atoms with Crippen LogP contribution in [-0.4, -0.2) is 18.5 Å². The lowest BCUT2D eigenvalue weighted by molar-refractivity contribution is -0.125. The van der Waals surface area contributed by atoms with Gasteiger partial charge in [-0.3, -0.25) is 4.79 Å². The van der Waals surface area contributed by atoms with Gasteiger partial charge in [0.15, 0.2) is 5.78 Å². The average molecular weight is 156 g/mol. The summed E-state index contributed by atoms with van der Waals surface area (Å²) in [7, 11) is 0. The van der Waals surface area contributed by atoms with Gasteiger partial charge in [-0.1, -0.05) is 0 Å². The van der Waals surface area contributed by atoms with Crippen molar-refractivity contribution in [2.75, 3.05) is 6.61 Å². The number of carbonyl (C=O) groups excluding carboxylic acids is 1. The van der Waals surface area contributed by atoms with E-state index < -0.39 is 0 Å². The molecule has 0 saturated heterocycles. The fraction of sp³-hybridized carbons (Fsp3) is 0.889. The molecule has 1 aliphatic rings. The Bertz CT molecular complexity index is 136. The van der Waals surface area contributed by atoms with Crippen molar-refractivity contribution >= 4 is 5.78 Å². The predicted molar refractivity (Wildman–Crippen MR) is 43.4 cm³/mol. The van der Waals surface area contributed by atoms with Crippen molar-refractivity contribution in [3.8, 4) is 0 Å². The van der Waals surface area contributed by atoms with Gasteiger partial charge in [-0.25, -0.2) is 0 Å². The fourth-order valence-electron chi connectivity index (χ4n) is 0.962.